The number of para-hydroxylation sites is 1. The number of rotatable bonds is 5. The van der Waals surface area contributed by atoms with E-state index in [-0.39, 0.29) is 11.8 Å². The van der Waals surface area contributed by atoms with Crippen molar-refractivity contribution in [2.75, 3.05) is 13.7 Å². The van der Waals surface area contributed by atoms with Crippen LogP contribution in [-0.4, -0.2) is 19.6 Å². The number of nitrogens with two attached hydrogens (primary N) is 1. The zero-order valence-electron chi connectivity index (χ0n) is 11.4. The van der Waals surface area contributed by atoms with Crippen molar-refractivity contribution < 1.29 is 9.53 Å². The van der Waals surface area contributed by atoms with E-state index in [4.69, 9.17) is 10.5 Å². The Morgan fingerprint density at radius 1 is 1.42 bits per heavy atom. The minimum Gasteiger partial charge on any atom is -0.496 e. The van der Waals surface area contributed by atoms with E-state index in [1.54, 1.807) is 7.11 Å². The van der Waals surface area contributed by atoms with Crippen LogP contribution in [0.15, 0.2) is 24.3 Å². The van der Waals surface area contributed by atoms with Crippen LogP contribution in [0.2, 0.25) is 0 Å². The molecule has 1 saturated carbocycles. The Hall–Kier alpha value is -1.55. The first-order valence-corrected chi connectivity index (χ1v) is 6.86. The van der Waals surface area contributed by atoms with Crippen LogP contribution >= 0.6 is 0 Å². The van der Waals surface area contributed by atoms with Crippen LogP contribution < -0.4 is 15.8 Å². The summed E-state index contributed by atoms with van der Waals surface area (Å²) in [6, 6.07) is 7.74. The highest BCUT2D eigenvalue weighted by atomic mass is 16.5. The second kappa shape index (κ2) is 6.57. The molecule has 1 aromatic carbocycles. The molecule has 4 nitrogen and oxygen atoms in total. The molecule has 2 unspecified atom stereocenters. The molecule has 1 fully saturated rings. The number of hydrogen-bond donors (Lipinski definition) is 2. The molecule has 0 radical (unpaired) electrons. The second-order valence-electron chi connectivity index (χ2n) is 5.06. The largest absolute Gasteiger partial charge is 0.496 e. The Morgan fingerprint density at radius 2 is 2.21 bits per heavy atom. The first-order chi connectivity index (χ1) is 9.26. The third-order valence-corrected chi connectivity index (χ3v) is 3.94. The standard InChI is InChI=1S/C15H22N2O2/c1-19-14-8-3-2-5-12(14)10-17-15(18)13-7-4-6-11(13)9-16/h2-3,5,8,11,13H,4,6-7,9-10,16H2,1H3,(H,17,18). The molecule has 1 aliphatic rings. The van der Waals surface area contributed by atoms with Gasteiger partial charge in [0.25, 0.3) is 0 Å². The van der Waals surface area contributed by atoms with Gasteiger partial charge in [0.15, 0.2) is 0 Å². The third-order valence-electron chi connectivity index (χ3n) is 3.94. The minimum atomic E-state index is 0.0831. The van der Waals surface area contributed by atoms with Crippen molar-refractivity contribution in [3.63, 3.8) is 0 Å². The van der Waals surface area contributed by atoms with Crippen molar-refractivity contribution in [1.82, 2.24) is 5.32 Å². The predicted octanol–water partition coefficient (Wildman–Crippen LogP) is 1.69. The molecule has 104 valence electrons. The third kappa shape index (κ3) is 3.26. The van der Waals surface area contributed by atoms with Crippen molar-refractivity contribution in [1.29, 1.82) is 0 Å². The summed E-state index contributed by atoms with van der Waals surface area (Å²) >= 11 is 0. The summed E-state index contributed by atoms with van der Waals surface area (Å²) in [6.07, 6.45) is 3.14. The normalized spacial score (nSPS) is 22.2. The molecular formula is C15H22N2O2. The number of carbonyl (C=O) groups is 1. The number of carbonyl (C=O) groups excluding carboxylic acids is 1. The molecular weight excluding hydrogens is 240 g/mol. The van der Waals surface area contributed by atoms with Gasteiger partial charge in [0.05, 0.1) is 7.11 Å². The van der Waals surface area contributed by atoms with E-state index in [2.05, 4.69) is 5.32 Å². The summed E-state index contributed by atoms with van der Waals surface area (Å²) in [6.45, 7) is 1.11. The Morgan fingerprint density at radius 3 is 2.95 bits per heavy atom. The van der Waals surface area contributed by atoms with Crippen molar-refractivity contribution in [3.8, 4) is 5.75 Å². The van der Waals surface area contributed by atoms with E-state index >= 15 is 0 Å². The zero-order valence-corrected chi connectivity index (χ0v) is 11.4. The molecule has 3 N–H and O–H groups in total. The van der Waals surface area contributed by atoms with Gasteiger partial charge in [-0.25, -0.2) is 0 Å². The highest BCUT2D eigenvalue weighted by Gasteiger charge is 2.31. The molecule has 1 amide bonds. The van der Waals surface area contributed by atoms with Crippen LogP contribution in [0.3, 0.4) is 0 Å². The number of amides is 1. The Labute approximate surface area is 114 Å². The molecule has 0 saturated heterocycles. The highest BCUT2D eigenvalue weighted by Crippen LogP contribution is 2.31. The van der Waals surface area contributed by atoms with Crippen LogP contribution in [0.5, 0.6) is 5.75 Å². The van der Waals surface area contributed by atoms with Crippen molar-refractivity contribution in [2.45, 2.75) is 25.8 Å². The van der Waals surface area contributed by atoms with Crippen LogP contribution in [0, 0.1) is 11.8 Å². The van der Waals surface area contributed by atoms with Crippen molar-refractivity contribution in [2.24, 2.45) is 17.6 Å². The number of methoxy groups -OCH3 is 1. The van der Waals surface area contributed by atoms with Gasteiger partial charge in [0.2, 0.25) is 5.91 Å². The van der Waals surface area contributed by atoms with E-state index < -0.39 is 0 Å². The minimum absolute atomic E-state index is 0.0831. The van der Waals surface area contributed by atoms with E-state index in [1.807, 2.05) is 24.3 Å². The maximum absolute atomic E-state index is 12.2. The van der Waals surface area contributed by atoms with E-state index in [1.165, 1.54) is 0 Å². The van der Waals surface area contributed by atoms with Gasteiger partial charge in [-0.2, -0.15) is 0 Å². The van der Waals surface area contributed by atoms with Gasteiger partial charge in [-0.3, -0.25) is 4.79 Å². The maximum Gasteiger partial charge on any atom is 0.223 e. The van der Waals surface area contributed by atoms with Crippen LogP contribution in [0.25, 0.3) is 0 Å². The smallest absolute Gasteiger partial charge is 0.223 e. The number of nitrogens with one attached hydrogen (secondary N) is 1. The van der Waals surface area contributed by atoms with E-state index in [9.17, 15) is 4.79 Å². The summed E-state index contributed by atoms with van der Waals surface area (Å²) in [4.78, 5) is 12.2. The Balaban J connectivity index is 1.93. The van der Waals surface area contributed by atoms with E-state index in [0.717, 1.165) is 30.6 Å². The molecule has 1 aromatic rings. The Bertz CT molecular complexity index is 434. The average molecular weight is 262 g/mol. The summed E-state index contributed by atoms with van der Waals surface area (Å²) < 4.78 is 5.27. The molecule has 19 heavy (non-hydrogen) atoms. The summed E-state index contributed by atoms with van der Waals surface area (Å²) in [5, 5.41) is 3.01. The van der Waals surface area contributed by atoms with Crippen LogP contribution in [-0.2, 0) is 11.3 Å². The lowest BCUT2D eigenvalue weighted by Gasteiger charge is -2.18. The SMILES string of the molecule is COc1ccccc1CNC(=O)C1CCCC1CN. The predicted molar refractivity (Wildman–Crippen MR) is 74.7 cm³/mol. The van der Waals surface area contributed by atoms with Crippen LogP contribution in [0.4, 0.5) is 0 Å². The molecule has 0 spiro atoms. The van der Waals surface area contributed by atoms with Gasteiger partial charge in [-0.05, 0) is 31.4 Å². The average Bonchev–Trinajstić information content (AvgIpc) is 2.93. The van der Waals surface area contributed by atoms with Gasteiger partial charge in [-0.1, -0.05) is 24.6 Å². The molecule has 2 rings (SSSR count). The van der Waals surface area contributed by atoms with Crippen molar-refractivity contribution in [3.05, 3.63) is 29.8 Å². The molecule has 2 atom stereocenters. The fourth-order valence-corrected chi connectivity index (χ4v) is 2.83. The fraction of sp³-hybridized carbons (Fsp3) is 0.533. The van der Waals surface area contributed by atoms with Gasteiger partial charge >= 0.3 is 0 Å². The maximum atomic E-state index is 12.2. The lowest BCUT2D eigenvalue weighted by Crippen LogP contribution is -2.34. The summed E-state index contributed by atoms with van der Waals surface area (Å²) in [7, 11) is 1.64. The number of benzene rings is 1. The molecule has 1 aliphatic carbocycles. The molecule has 0 heterocycles. The first kappa shape index (κ1) is 13.9. The zero-order chi connectivity index (χ0) is 13.7. The Kier molecular flexibility index (Phi) is 4.80. The fourth-order valence-electron chi connectivity index (χ4n) is 2.83. The molecule has 0 aliphatic heterocycles. The topological polar surface area (TPSA) is 64.3 Å². The molecule has 0 bridgehead atoms. The van der Waals surface area contributed by atoms with Gasteiger partial charge in [0, 0.05) is 18.0 Å². The second-order valence-corrected chi connectivity index (χ2v) is 5.06. The molecule has 4 heteroatoms. The van der Waals surface area contributed by atoms with E-state index in [0.29, 0.717) is 19.0 Å². The van der Waals surface area contributed by atoms with Gasteiger partial charge in [0.1, 0.15) is 5.75 Å². The quantitative estimate of drug-likeness (QED) is 0.848. The summed E-state index contributed by atoms with van der Waals surface area (Å²) in [5.41, 5.74) is 6.72. The lowest BCUT2D eigenvalue weighted by molar-refractivity contribution is -0.126. The number of ether oxygens (including phenoxy) is 1. The van der Waals surface area contributed by atoms with Gasteiger partial charge < -0.3 is 15.8 Å². The van der Waals surface area contributed by atoms with Gasteiger partial charge in [-0.15, -0.1) is 0 Å². The van der Waals surface area contributed by atoms with Crippen LogP contribution in [0.1, 0.15) is 24.8 Å². The first-order valence-electron chi connectivity index (χ1n) is 6.86. The monoisotopic (exact) mass is 262 g/mol. The van der Waals surface area contributed by atoms with Crippen molar-refractivity contribution >= 4 is 5.91 Å². The lowest BCUT2D eigenvalue weighted by atomic mass is 9.95. The highest BCUT2D eigenvalue weighted by molar-refractivity contribution is 5.79. The number of hydrogen-bond acceptors (Lipinski definition) is 3. The summed E-state index contributed by atoms with van der Waals surface area (Å²) in [5.74, 6) is 1.36. The molecule has 0 aromatic heterocycles.